The molecule has 33 heavy (non-hydrogen) atoms. The zero-order valence-corrected chi connectivity index (χ0v) is 19.0. The Kier molecular flexibility index (Phi) is 7.88. The number of nitro benzene ring substituents is 1. The number of anilines is 1. The molecule has 1 aromatic carbocycles. The minimum Gasteiger partial charge on any atom is -0.344 e. The Morgan fingerprint density at radius 3 is 2.42 bits per heavy atom. The van der Waals surface area contributed by atoms with Crippen molar-refractivity contribution in [3.8, 4) is 0 Å². The van der Waals surface area contributed by atoms with Gasteiger partial charge in [0.2, 0.25) is 5.91 Å². The van der Waals surface area contributed by atoms with Gasteiger partial charge < -0.3 is 9.80 Å². The van der Waals surface area contributed by atoms with Crippen molar-refractivity contribution in [2.45, 2.75) is 51.6 Å². The molecule has 1 aliphatic heterocycles. The van der Waals surface area contributed by atoms with Crippen molar-refractivity contribution in [1.82, 2.24) is 9.88 Å². The normalized spacial score (nSPS) is 14.7. The summed E-state index contributed by atoms with van der Waals surface area (Å²) in [7, 11) is 0. The van der Waals surface area contributed by atoms with Crippen LogP contribution in [0.4, 0.5) is 24.0 Å². The summed E-state index contributed by atoms with van der Waals surface area (Å²) in [6, 6.07) is 1.05. The number of carbonyl (C=O) groups excluding carboxylic acids is 1. The number of nitrogens with zero attached hydrogens (tertiary/aromatic N) is 4. The van der Waals surface area contributed by atoms with E-state index in [2.05, 4.69) is 11.9 Å². The minimum atomic E-state index is -4.83. The summed E-state index contributed by atoms with van der Waals surface area (Å²) in [6.07, 6.45) is 0.925. The first kappa shape index (κ1) is 24.9. The van der Waals surface area contributed by atoms with Crippen LogP contribution >= 0.6 is 11.3 Å². The molecule has 0 unspecified atom stereocenters. The van der Waals surface area contributed by atoms with E-state index < -0.39 is 33.3 Å². The molecule has 0 atom stereocenters. The van der Waals surface area contributed by atoms with E-state index in [0.717, 1.165) is 43.4 Å². The highest BCUT2D eigenvalue weighted by Crippen LogP contribution is 2.38. The monoisotopic (exact) mass is 486 g/mol. The van der Waals surface area contributed by atoms with Gasteiger partial charge in [0, 0.05) is 38.7 Å². The van der Waals surface area contributed by atoms with Crippen LogP contribution in [0, 0.1) is 10.1 Å². The summed E-state index contributed by atoms with van der Waals surface area (Å²) in [6.45, 7) is 3.73. The van der Waals surface area contributed by atoms with Crippen LogP contribution in [0.15, 0.2) is 16.9 Å². The first-order valence-electron chi connectivity index (χ1n) is 10.8. The molecule has 8 nitrogen and oxygen atoms in total. The molecule has 1 fully saturated rings. The molecule has 1 aliphatic rings. The van der Waals surface area contributed by atoms with Crippen molar-refractivity contribution in [2.75, 3.05) is 31.1 Å². The van der Waals surface area contributed by atoms with Gasteiger partial charge in [-0.15, -0.1) is 0 Å². The topological polar surface area (TPSA) is 96.7 Å². The number of fused-ring (bicyclic) bond motifs is 1. The van der Waals surface area contributed by atoms with E-state index in [1.54, 1.807) is 9.80 Å². The number of nitro groups is 1. The van der Waals surface area contributed by atoms with Gasteiger partial charge in [0.15, 0.2) is 5.13 Å². The second-order valence-electron chi connectivity index (χ2n) is 7.96. The maximum atomic E-state index is 13.1. The average molecular weight is 487 g/mol. The van der Waals surface area contributed by atoms with Crippen LogP contribution in [0.2, 0.25) is 0 Å². The van der Waals surface area contributed by atoms with Crippen molar-refractivity contribution in [2.24, 2.45) is 0 Å². The summed E-state index contributed by atoms with van der Waals surface area (Å²) in [5.41, 5.74) is -2.98. The van der Waals surface area contributed by atoms with E-state index in [9.17, 15) is 32.9 Å². The second kappa shape index (κ2) is 10.4. The average Bonchev–Trinajstić information content (AvgIpc) is 2.77. The van der Waals surface area contributed by atoms with Gasteiger partial charge >= 0.3 is 6.18 Å². The Bertz CT molecular complexity index is 1080. The van der Waals surface area contributed by atoms with Gasteiger partial charge in [0.1, 0.15) is 4.70 Å². The Hall–Kier alpha value is -2.76. The van der Waals surface area contributed by atoms with E-state index in [4.69, 9.17) is 0 Å². The number of non-ortho nitro benzene ring substituents is 1. The number of benzene rings is 1. The smallest absolute Gasteiger partial charge is 0.344 e. The SMILES string of the molecule is CCCCCCCC(=O)N1CCN(c2nc(=O)c3cc(C(F)(F)F)cc([N+](=O)[O-])c3s2)CC1. The molecule has 3 rings (SSSR count). The third kappa shape index (κ3) is 5.98. The molecule has 2 aromatic rings. The molecule has 0 radical (unpaired) electrons. The molecule has 1 amide bonds. The Morgan fingerprint density at radius 1 is 1.15 bits per heavy atom. The summed E-state index contributed by atoms with van der Waals surface area (Å²) < 4.78 is 39.2. The fourth-order valence-corrected chi connectivity index (χ4v) is 4.88. The van der Waals surface area contributed by atoms with Gasteiger partial charge in [-0.05, 0) is 12.5 Å². The molecule has 0 N–H and O–H groups in total. The number of piperazine rings is 1. The Balaban J connectivity index is 1.75. The fraction of sp³-hybridized carbons (Fsp3) is 0.571. The lowest BCUT2D eigenvalue weighted by Crippen LogP contribution is -2.49. The summed E-state index contributed by atoms with van der Waals surface area (Å²) in [4.78, 5) is 42.8. The van der Waals surface area contributed by atoms with Crippen molar-refractivity contribution in [3.05, 3.63) is 38.2 Å². The number of rotatable bonds is 8. The maximum absolute atomic E-state index is 13.1. The third-order valence-corrected chi connectivity index (χ3v) is 6.78. The molecular formula is C21H25F3N4O4S. The van der Waals surface area contributed by atoms with E-state index >= 15 is 0 Å². The van der Waals surface area contributed by atoms with Crippen LogP contribution in [0.3, 0.4) is 0 Å². The van der Waals surface area contributed by atoms with Crippen LogP contribution in [0.5, 0.6) is 0 Å². The minimum absolute atomic E-state index is 0.0705. The molecule has 1 saturated heterocycles. The molecule has 1 aromatic heterocycles. The van der Waals surface area contributed by atoms with Crippen LogP contribution in [-0.2, 0) is 11.0 Å². The van der Waals surface area contributed by atoms with Gasteiger partial charge in [-0.1, -0.05) is 43.9 Å². The molecule has 0 saturated carbocycles. The lowest BCUT2D eigenvalue weighted by atomic mass is 10.1. The van der Waals surface area contributed by atoms with Gasteiger partial charge in [-0.25, -0.2) is 0 Å². The third-order valence-electron chi connectivity index (χ3n) is 5.61. The van der Waals surface area contributed by atoms with Gasteiger partial charge in [-0.3, -0.25) is 19.7 Å². The van der Waals surface area contributed by atoms with Crippen LogP contribution < -0.4 is 10.5 Å². The number of hydrogen-bond acceptors (Lipinski definition) is 7. The Labute approximate surface area is 192 Å². The van der Waals surface area contributed by atoms with Crippen LogP contribution in [0.25, 0.3) is 10.1 Å². The highest BCUT2D eigenvalue weighted by atomic mass is 32.1. The van der Waals surface area contributed by atoms with Crippen molar-refractivity contribution < 1.29 is 22.9 Å². The van der Waals surface area contributed by atoms with Crippen molar-refractivity contribution >= 4 is 38.1 Å². The van der Waals surface area contributed by atoms with Crippen LogP contribution in [-0.4, -0.2) is 46.9 Å². The van der Waals surface area contributed by atoms with E-state index in [0.29, 0.717) is 44.7 Å². The van der Waals surface area contributed by atoms with E-state index in [1.165, 1.54) is 0 Å². The second-order valence-corrected chi connectivity index (χ2v) is 8.94. The summed E-state index contributed by atoms with van der Waals surface area (Å²) >= 11 is 0.815. The number of amides is 1. The zero-order chi connectivity index (χ0) is 24.2. The van der Waals surface area contributed by atoms with Crippen molar-refractivity contribution in [1.29, 1.82) is 0 Å². The number of halogens is 3. The molecule has 0 bridgehead atoms. The molecule has 2 heterocycles. The number of hydrogen-bond donors (Lipinski definition) is 0. The fourth-order valence-electron chi connectivity index (χ4n) is 3.76. The van der Waals surface area contributed by atoms with Crippen molar-refractivity contribution in [3.63, 3.8) is 0 Å². The van der Waals surface area contributed by atoms with E-state index in [-0.39, 0.29) is 15.7 Å². The highest BCUT2D eigenvalue weighted by Gasteiger charge is 2.34. The predicted octanol–water partition coefficient (Wildman–Crippen LogP) is 4.59. The van der Waals surface area contributed by atoms with Gasteiger partial charge in [-0.2, -0.15) is 18.2 Å². The van der Waals surface area contributed by atoms with E-state index in [1.807, 2.05) is 0 Å². The standard InChI is InChI=1S/C21H25F3N4O4S/c1-2-3-4-5-6-7-17(29)26-8-10-27(11-9-26)20-25-19(30)15-12-14(21(22,23)24)13-16(28(31)32)18(15)33-20/h12-13H,2-11H2,1H3. The maximum Gasteiger partial charge on any atom is 0.416 e. The molecule has 0 aliphatic carbocycles. The van der Waals surface area contributed by atoms with Gasteiger partial charge in [0.25, 0.3) is 11.2 Å². The quantitative estimate of drug-likeness (QED) is 0.308. The number of carbonyl (C=O) groups is 1. The first-order valence-corrected chi connectivity index (χ1v) is 11.7. The summed E-state index contributed by atoms with van der Waals surface area (Å²) in [5.74, 6) is 0.0705. The molecule has 180 valence electrons. The number of unbranched alkanes of at least 4 members (excludes halogenated alkanes) is 4. The first-order chi connectivity index (χ1) is 15.6. The summed E-state index contributed by atoms with van der Waals surface area (Å²) in [5, 5.41) is 11.2. The van der Waals surface area contributed by atoms with Crippen LogP contribution in [0.1, 0.15) is 51.0 Å². The molecule has 12 heteroatoms. The molecular weight excluding hydrogens is 461 g/mol. The zero-order valence-electron chi connectivity index (χ0n) is 18.2. The lowest BCUT2D eigenvalue weighted by Gasteiger charge is -2.35. The largest absolute Gasteiger partial charge is 0.416 e. The Morgan fingerprint density at radius 2 is 1.82 bits per heavy atom. The highest BCUT2D eigenvalue weighted by molar-refractivity contribution is 7.22. The number of alkyl halides is 3. The molecule has 0 spiro atoms. The predicted molar refractivity (Wildman–Crippen MR) is 120 cm³/mol. The van der Waals surface area contributed by atoms with Gasteiger partial charge in [0.05, 0.1) is 15.9 Å². The number of aromatic nitrogens is 1. The lowest BCUT2D eigenvalue weighted by molar-refractivity contribution is -0.383.